The lowest BCUT2D eigenvalue weighted by molar-refractivity contribution is 0.349. The van der Waals surface area contributed by atoms with Crippen LogP contribution in [-0.4, -0.2) is 26.8 Å². The van der Waals surface area contributed by atoms with Crippen molar-refractivity contribution in [3.8, 4) is 0 Å². The van der Waals surface area contributed by atoms with E-state index in [-0.39, 0.29) is 12.0 Å². The van der Waals surface area contributed by atoms with Gasteiger partial charge in [-0.15, -0.1) is 0 Å². The Bertz CT molecular complexity index is 260. The maximum absolute atomic E-state index is 11.5. The molecule has 4 nitrogen and oxygen atoms in total. The highest BCUT2D eigenvalue weighted by Crippen LogP contribution is 2.18. The molecule has 0 saturated carbocycles. The molecule has 0 aromatic carbocycles. The molecule has 3 N–H and O–H groups in total. The molecule has 0 radical (unpaired) electrons. The second-order valence-corrected chi connectivity index (χ2v) is 6.61. The van der Waals surface area contributed by atoms with E-state index >= 15 is 0 Å². The molecular weight excluding hydrogens is 200 g/mol. The van der Waals surface area contributed by atoms with E-state index in [2.05, 4.69) is 4.72 Å². The number of rotatable bonds is 6. The molecule has 1 unspecified atom stereocenters. The van der Waals surface area contributed by atoms with Crippen molar-refractivity contribution in [1.29, 1.82) is 0 Å². The number of nitrogens with two attached hydrogens (primary N) is 1. The van der Waals surface area contributed by atoms with Crippen molar-refractivity contribution >= 4 is 10.0 Å². The summed E-state index contributed by atoms with van der Waals surface area (Å²) in [5.41, 5.74) is 5.31. The Hall–Kier alpha value is -0.130. The Morgan fingerprint density at radius 3 is 2.29 bits per heavy atom. The van der Waals surface area contributed by atoms with Gasteiger partial charge in [0.15, 0.2) is 0 Å². The molecular formula is C9H22N2O2S. The van der Waals surface area contributed by atoms with Crippen LogP contribution in [0.4, 0.5) is 0 Å². The van der Waals surface area contributed by atoms with Crippen LogP contribution in [0.1, 0.15) is 34.1 Å². The molecule has 5 heteroatoms. The molecule has 14 heavy (non-hydrogen) atoms. The first-order valence-corrected chi connectivity index (χ1v) is 6.48. The first-order valence-electron chi connectivity index (χ1n) is 4.93. The van der Waals surface area contributed by atoms with E-state index in [1.54, 1.807) is 6.92 Å². The number of hydrogen-bond donors (Lipinski definition) is 2. The van der Waals surface area contributed by atoms with Crippen LogP contribution in [-0.2, 0) is 10.0 Å². The van der Waals surface area contributed by atoms with E-state index in [1.165, 1.54) is 0 Å². The lowest BCUT2D eigenvalue weighted by Gasteiger charge is -2.23. The van der Waals surface area contributed by atoms with E-state index in [0.717, 1.165) is 6.42 Å². The standard InChI is InChI=1S/C9H22N2O2S/c1-5-9(3,4)7-11-14(12,13)8(2)6-10/h8,11H,5-7,10H2,1-4H3. The number of nitrogens with one attached hydrogen (secondary N) is 1. The predicted octanol–water partition coefficient (Wildman–Crippen LogP) is 0.689. The monoisotopic (exact) mass is 222 g/mol. The van der Waals surface area contributed by atoms with Crippen molar-refractivity contribution in [2.45, 2.75) is 39.4 Å². The second kappa shape index (κ2) is 5.09. The van der Waals surface area contributed by atoms with E-state index in [9.17, 15) is 8.42 Å². The first kappa shape index (κ1) is 13.9. The van der Waals surface area contributed by atoms with Crippen molar-refractivity contribution in [3.05, 3.63) is 0 Å². The molecule has 0 rings (SSSR count). The van der Waals surface area contributed by atoms with Crippen molar-refractivity contribution in [3.63, 3.8) is 0 Å². The largest absolute Gasteiger partial charge is 0.329 e. The highest BCUT2D eigenvalue weighted by atomic mass is 32.2. The summed E-state index contributed by atoms with van der Waals surface area (Å²) in [7, 11) is -3.23. The molecule has 1 atom stereocenters. The van der Waals surface area contributed by atoms with Crippen LogP contribution in [0.15, 0.2) is 0 Å². The molecule has 0 heterocycles. The average Bonchev–Trinajstić information content (AvgIpc) is 2.14. The van der Waals surface area contributed by atoms with Crippen LogP contribution < -0.4 is 10.5 Å². The van der Waals surface area contributed by atoms with Crippen LogP contribution in [0.3, 0.4) is 0 Å². The molecule has 0 bridgehead atoms. The zero-order chi connectivity index (χ0) is 11.4. The first-order chi connectivity index (χ1) is 6.25. The van der Waals surface area contributed by atoms with E-state index in [0.29, 0.717) is 6.54 Å². The summed E-state index contributed by atoms with van der Waals surface area (Å²) < 4.78 is 25.7. The molecule has 0 spiro atoms. The molecule has 0 aliphatic carbocycles. The zero-order valence-corrected chi connectivity index (χ0v) is 10.3. The van der Waals surface area contributed by atoms with Gasteiger partial charge < -0.3 is 5.73 Å². The van der Waals surface area contributed by atoms with Gasteiger partial charge in [0, 0.05) is 13.1 Å². The molecule has 0 fully saturated rings. The summed E-state index contributed by atoms with van der Waals surface area (Å²) in [6.07, 6.45) is 0.937. The fourth-order valence-corrected chi connectivity index (χ4v) is 1.82. The Morgan fingerprint density at radius 1 is 1.43 bits per heavy atom. The number of sulfonamides is 1. The van der Waals surface area contributed by atoms with Gasteiger partial charge in [-0.2, -0.15) is 0 Å². The van der Waals surface area contributed by atoms with Crippen molar-refractivity contribution < 1.29 is 8.42 Å². The molecule has 0 saturated heterocycles. The summed E-state index contributed by atoms with van der Waals surface area (Å²) in [6.45, 7) is 8.34. The minimum Gasteiger partial charge on any atom is -0.329 e. The summed E-state index contributed by atoms with van der Waals surface area (Å²) in [5, 5.41) is -0.518. The van der Waals surface area contributed by atoms with Crippen LogP contribution in [0.25, 0.3) is 0 Å². The molecule has 0 aromatic rings. The van der Waals surface area contributed by atoms with Gasteiger partial charge in [-0.25, -0.2) is 13.1 Å². The fourth-order valence-electron chi connectivity index (χ4n) is 0.690. The smallest absolute Gasteiger partial charge is 0.215 e. The van der Waals surface area contributed by atoms with E-state index < -0.39 is 15.3 Å². The summed E-state index contributed by atoms with van der Waals surface area (Å²) in [4.78, 5) is 0. The topological polar surface area (TPSA) is 72.2 Å². The van der Waals surface area contributed by atoms with Gasteiger partial charge >= 0.3 is 0 Å². The Balaban J connectivity index is 4.27. The quantitative estimate of drug-likeness (QED) is 0.694. The van der Waals surface area contributed by atoms with Gasteiger partial charge in [-0.1, -0.05) is 20.8 Å². The molecule has 86 valence electrons. The Labute approximate surface area is 87.3 Å². The van der Waals surface area contributed by atoms with Crippen molar-refractivity contribution in [1.82, 2.24) is 4.72 Å². The molecule has 0 aliphatic heterocycles. The number of hydrogen-bond acceptors (Lipinski definition) is 3. The third kappa shape index (κ3) is 4.39. The highest BCUT2D eigenvalue weighted by Gasteiger charge is 2.23. The van der Waals surface area contributed by atoms with Crippen LogP contribution in [0, 0.1) is 5.41 Å². The van der Waals surface area contributed by atoms with E-state index in [4.69, 9.17) is 5.73 Å². The average molecular weight is 222 g/mol. The lowest BCUT2D eigenvalue weighted by atomic mass is 9.91. The van der Waals surface area contributed by atoms with Crippen LogP contribution in [0.5, 0.6) is 0 Å². The van der Waals surface area contributed by atoms with Gasteiger partial charge in [0.25, 0.3) is 0 Å². The molecule has 0 aliphatic rings. The van der Waals surface area contributed by atoms with Crippen molar-refractivity contribution in [2.24, 2.45) is 11.1 Å². The third-order valence-corrected chi connectivity index (χ3v) is 4.37. The predicted molar refractivity (Wildman–Crippen MR) is 59.5 cm³/mol. The minimum absolute atomic E-state index is 0.00138. The Kier molecular flexibility index (Phi) is 5.05. The maximum Gasteiger partial charge on any atom is 0.215 e. The SMILES string of the molecule is CCC(C)(C)CNS(=O)(=O)C(C)CN. The van der Waals surface area contributed by atoms with Crippen LogP contribution >= 0.6 is 0 Å². The summed E-state index contributed by atoms with van der Waals surface area (Å²) >= 11 is 0. The molecule has 0 amide bonds. The van der Waals surface area contributed by atoms with Gasteiger partial charge in [0.05, 0.1) is 5.25 Å². The highest BCUT2D eigenvalue weighted by molar-refractivity contribution is 7.90. The summed E-state index contributed by atoms with van der Waals surface area (Å²) in [5.74, 6) is 0. The van der Waals surface area contributed by atoms with Gasteiger partial charge in [-0.05, 0) is 18.8 Å². The van der Waals surface area contributed by atoms with E-state index in [1.807, 2.05) is 20.8 Å². The van der Waals surface area contributed by atoms with Gasteiger partial charge in [0.1, 0.15) is 0 Å². The Morgan fingerprint density at radius 2 is 1.93 bits per heavy atom. The molecule has 0 aromatic heterocycles. The van der Waals surface area contributed by atoms with Crippen LogP contribution in [0.2, 0.25) is 0 Å². The third-order valence-electron chi connectivity index (χ3n) is 2.57. The summed E-state index contributed by atoms with van der Waals surface area (Å²) in [6, 6.07) is 0. The minimum atomic E-state index is -3.23. The zero-order valence-electron chi connectivity index (χ0n) is 9.50. The second-order valence-electron chi connectivity index (χ2n) is 4.43. The van der Waals surface area contributed by atoms with Crippen molar-refractivity contribution in [2.75, 3.05) is 13.1 Å². The van der Waals surface area contributed by atoms with Gasteiger partial charge in [0.2, 0.25) is 10.0 Å². The maximum atomic E-state index is 11.5. The lowest BCUT2D eigenvalue weighted by Crippen LogP contribution is -2.41. The fraction of sp³-hybridized carbons (Fsp3) is 1.00. The van der Waals surface area contributed by atoms with Gasteiger partial charge in [-0.3, -0.25) is 0 Å². The normalized spacial score (nSPS) is 15.5.